The van der Waals surface area contributed by atoms with Gasteiger partial charge in [0.15, 0.2) is 5.82 Å². The average Bonchev–Trinajstić information content (AvgIpc) is 3.09. The Morgan fingerprint density at radius 1 is 1.20 bits per heavy atom. The van der Waals surface area contributed by atoms with Gasteiger partial charge >= 0.3 is 0 Å². The van der Waals surface area contributed by atoms with E-state index in [2.05, 4.69) is 36.0 Å². The molecule has 0 aliphatic carbocycles. The van der Waals surface area contributed by atoms with Crippen LogP contribution in [0.5, 0.6) is 0 Å². The van der Waals surface area contributed by atoms with Gasteiger partial charge in [-0.05, 0) is 43.7 Å². The summed E-state index contributed by atoms with van der Waals surface area (Å²) in [4.78, 5) is 12.7. The zero-order valence-electron chi connectivity index (χ0n) is 16.0. The van der Waals surface area contributed by atoms with Gasteiger partial charge in [-0.25, -0.2) is 23.5 Å². The first-order chi connectivity index (χ1) is 14.4. The van der Waals surface area contributed by atoms with Crippen LogP contribution in [-0.4, -0.2) is 52.3 Å². The Kier molecular flexibility index (Phi) is 5.48. The van der Waals surface area contributed by atoms with Crippen LogP contribution in [-0.2, 0) is 10.0 Å². The van der Waals surface area contributed by atoms with E-state index in [0.29, 0.717) is 23.4 Å². The number of nitrogens with one attached hydrogen (secondary N) is 3. The summed E-state index contributed by atoms with van der Waals surface area (Å²) in [6.45, 7) is 1.91. The molecule has 1 aliphatic heterocycles. The van der Waals surface area contributed by atoms with Crippen molar-refractivity contribution in [1.29, 1.82) is 0 Å². The van der Waals surface area contributed by atoms with Crippen LogP contribution in [0.15, 0.2) is 41.6 Å². The topological polar surface area (TPSA) is 179 Å². The molecule has 1 atom stereocenters. The van der Waals surface area contributed by atoms with Crippen molar-refractivity contribution in [3.05, 3.63) is 36.7 Å². The number of piperidine rings is 1. The minimum atomic E-state index is -3.75. The number of nitrogens with zero attached hydrogens (tertiary/aromatic N) is 5. The summed E-state index contributed by atoms with van der Waals surface area (Å²) in [5.41, 5.74) is 6.58. The Balaban J connectivity index is 1.50. The second-order valence-electron chi connectivity index (χ2n) is 6.85. The Morgan fingerprint density at radius 2 is 2.00 bits per heavy atom. The fourth-order valence-corrected chi connectivity index (χ4v) is 3.64. The standard InChI is InChI=1S/C17H22N10O2S/c18-16-25-17(24-11-3-5-13(6-4-11)30(19,28)29)26-27(16)15-8-14(21-10-22-15)23-12-2-1-7-20-9-12/h3-6,8,10,12,20H,1-2,7,9H2,(H2,19,28,29)(H,21,22,23)(H3,18,24,25,26). The highest BCUT2D eigenvalue weighted by Gasteiger charge is 2.15. The molecule has 0 spiro atoms. The largest absolute Gasteiger partial charge is 0.368 e. The highest BCUT2D eigenvalue weighted by atomic mass is 32.2. The maximum absolute atomic E-state index is 11.4. The molecule has 3 heterocycles. The lowest BCUT2D eigenvalue weighted by molar-refractivity contribution is 0.479. The minimum absolute atomic E-state index is 0.0141. The molecule has 158 valence electrons. The number of sulfonamides is 1. The molecule has 2 aromatic heterocycles. The van der Waals surface area contributed by atoms with Gasteiger partial charge in [-0.15, -0.1) is 5.10 Å². The molecule has 13 heteroatoms. The first-order valence-electron chi connectivity index (χ1n) is 9.30. The van der Waals surface area contributed by atoms with Crippen LogP contribution >= 0.6 is 0 Å². The highest BCUT2D eigenvalue weighted by molar-refractivity contribution is 7.89. The van der Waals surface area contributed by atoms with E-state index >= 15 is 0 Å². The lowest BCUT2D eigenvalue weighted by Crippen LogP contribution is -2.38. The SMILES string of the molecule is Nc1nc(Nc2ccc(S(N)(=O)=O)cc2)nn1-c1cc(NC2CCCNC2)ncn1. The second-order valence-corrected chi connectivity index (χ2v) is 8.41. The van der Waals surface area contributed by atoms with Gasteiger partial charge in [0.1, 0.15) is 12.1 Å². The molecule has 1 aromatic carbocycles. The van der Waals surface area contributed by atoms with Gasteiger partial charge in [-0.3, -0.25) is 0 Å². The highest BCUT2D eigenvalue weighted by Crippen LogP contribution is 2.19. The predicted octanol–water partition coefficient (Wildman–Crippen LogP) is 0.194. The van der Waals surface area contributed by atoms with E-state index in [1.165, 1.54) is 23.1 Å². The third-order valence-electron chi connectivity index (χ3n) is 4.59. The fourth-order valence-electron chi connectivity index (χ4n) is 3.13. The molecule has 1 aliphatic rings. The van der Waals surface area contributed by atoms with E-state index in [1.54, 1.807) is 18.2 Å². The number of hydrogen-bond acceptors (Lipinski definition) is 10. The molecular weight excluding hydrogens is 408 g/mol. The number of aromatic nitrogens is 5. The molecule has 12 nitrogen and oxygen atoms in total. The van der Waals surface area contributed by atoms with Crippen LogP contribution in [0.2, 0.25) is 0 Å². The quantitative estimate of drug-likeness (QED) is 0.362. The molecule has 1 fully saturated rings. The molecule has 3 aromatic rings. The zero-order chi connectivity index (χ0) is 21.1. The maximum Gasteiger partial charge on any atom is 0.248 e. The summed E-state index contributed by atoms with van der Waals surface area (Å²) >= 11 is 0. The van der Waals surface area contributed by atoms with Crippen molar-refractivity contribution in [3.8, 4) is 5.82 Å². The monoisotopic (exact) mass is 430 g/mol. The molecule has 1 saturated heterocycles. The van der Waals surface area contributed by atoms with Gasteiger partial charge in [0, 0.05) is 24.3 Å². The number of primary sulfonamides is 1. The Labute approximate surface area is 173 Å². The van der Waals surface area contributed by atoms with Crippen LogP contribution in [0.4, 0.5) is 23.4 Å². The van der Waals surface area contributed by atoms with Gasteiger partial charge in [0.2, 0.25) is 21.9 Å². The van der Waals surface area contributed by atoms with Gasteiger partial charge in [0.25, 0.3) is 0 Å². The van der Waals surface area contributed by atoms with E-state index in [4.69, 9.17) is 10.9 Å². The molecule has 0 amide bonds. The van der Waals surface area contributed by atoms with Crippen molar-refractivity contribution in [3.63, 3.8) is 0 Å². The van der Waals surface area contributed by atoms with Gasteiger partial charge in [0.05, 0.1) is 4.90 Å². The van der Waals surface area contributed by atoms with Gasteiger partial charge in [-0.1, -0.05) is 0 Å². The molecule has 1 unspecified atom stereocenters. The summed E-state index contributed by atoms with van der Waals surface area (Å²) in [6, 6.07) is 7.95. The predicted molar refractivity (Wildman–Crippen MR) is 112 cm³/mol. The van der Waals surface area contributed by atoms with Crippen LogP contribution in [0.1, 0.15) is 12.8 Å². The molecule has 0 radical (unpaired) electrons. The van der Waals surface area contributed by atoms with E-state index in [9.17, 15) is 8.42 Å². The maximum atomic E-state index is 11.4. The number of benzene rings is 1. The summed E-state index contributed by atoms with van der Waals surface area (Å²) in [5.74, 6) is 1.53. The van der Waals surface area contributed by atoms with Crippen LogP contribution < -0.4 is 26.8 Å². The number of hydrogen-bond donors (Lipinski definition) is 5. The van der Waals surface area contributed by atoms with E-state index in [-0.39, 0.29) is 16.8 Å². The summed E-state index contributed by atoms with van der Waals surface area (Å²) in [7, 11) is -3.75. The summed E-state index contributed by atoms with van der Waals surface area (Å²) < 4.78 is 24.1. The lowest BCUT2D eigenvalue weighted by Gasteiger charge is -2.24. The fraction of sp³-hybridized carbons (Fsp3) is 0.294. The van der Waals surface area contributed by atoms with E-state index in [1.807, 2.05) is 0 Å². The van der Waals surface area contributed by atoms with Crippen molar-refractivity contribution in [2.24, 2.45) is 5.14 Å². The molecule has 0 bridgehead atoms. The second kappa shape index (κ2) is 8.22. The van der Waals surface area contributed by atoms with Crippen molar-refractivity contribution in [2.45, 2.75) is 23.8 Å². The molecule has 0 saturated carbocycles. The summed E-state index contributed by atoms with van der Waals surface area (Å²) in [5, 5.41) is 19.1. The van der Waals surface area contributed by atoms with Crippen molar-refractivity contribution in [1.82, 2.24) is 30.0 Å². The van der Waals surface area contributed by atoms with E-state index in [0.717, 1.165) is 25.9 Å². The van der Waals surface area contributed by atoms with E-state index < -0.39 is 10.0 Å². The van der Waals surface area contributed by atoms with Crippen LogP contribution in [0, 0.1) is 0 Å². The minimum Gasteiger partial charge on any atom is -0.368 e. The first kappa shape index (κ1) is 20.0. The molecule has 4 rings (SSSR count). The van der Waals surface area contributed by atoms with Crippen LogP contribution in [0.25, 0.3) is 5.82 Å². The Bertz CT molecular complexity index is 1120. The lowest BCUT2D eigenvalue weighted by atomic mass is 10.1. The third kappa shape index (κ3) is 4.64. The zero-order valence-corrected chi connectivity index (χ0v) is 16.8. The van der Waals surface area contributed by atoms with Gasteiger partial charge < -0.3 is 21.7 Å². The number of nitrogens with two attached hydrogens (primary N) is 2. The van der Waals surface area contributed by atoms with Crippen molar-refractivity contribution >= 4 is 33.4 Å². The summed E-state index contributed by atoms with van der Waals surface area (Å²) in [6.07, 6.45) is 3.61. The van der Waals surface area contributed by atoms with Crippen molar-refractivity contribution < 1.29 is 8.42 Å². The smallest absolute Gasteiger partial charge is 0.248 e. The molecule has 30 heavy (non-hydrogen) atoms. The van der Waals surface area contributed by atoms with Crippen LogP contribution in [0.3, 0.4) is 0 Å². The normalized spacial score (nSPS) is 16.9. The third-order valence-corrected chi connectivity index (χ3v) is 5.52. The number of rotatable bonds is 6. The Morgan fingerprint density at radius 3 is 2.70 bits per heavy atom. The number of nitrogen functional groups attached to an aromatic ring is 1. The average molecular weight is 430 g/mol. The van der Waals surface area contributed by atoms with Gasteiger partial charge in [-0.2, -0.15) is 9.67 Å². The Hall–Kier alpha value is -3.29. The number of anilines is 4. The molecule has 7 N–H and O–H groups in total. The molecular formula is C17H22N10O2S. The first-order valence-corrected chi connectivity index (χ1v) is 10.9. The van der Waals surface area contributed by atoms with Crippen molar-refractivity contribution in [2.75, 3.05) is 29.5 Å².